The number of fused-ring (bicyclic) bond motifs is 1. The zero-order valence-electron chi connectivity index (χ0n) is 12.4. The van der Waals surface area contributed by atoms with Gasteiger partial charge in [0.15, 0.2) is 0 Å². The average molecular weight is 293 g/mol. The van der Waals surface area contributed by atoms with E-state index >= 15 is 0 Å². The molecule has 2 heterocycles. The lowest BCUT2D eigenvalue weighted by Gasteiger charge is -2.38. The van der Waals surface area contributed by atoms with E-state index in [4.69, 9.17) is 4.74 Å². The lowest BCUT2D eigenvalue weighted by atomic mass is 9.88. The fraction of sp³-hybridized carbons (Fsp3) is 0.316. The molecule has 0 spiro atoms. The van der Waals surface area contributed by atoms with E-state index in [0.717, 1.165) is 12.0 Å². The number of hydrogen-bond donors (Lipinski definition) is 0. The Morgan fingerprint density at radius 1 is 0.909 bits per heavy atom. The molecule has 0 aromatic heterocycles. The maximum absolute atomic E-state index is 12.5. The summed E-state index contributed by atoms with van der Waals surface area (Å²) in [6.07, 6.45) is 1.34. The lowest BCUT2D eigenvalue weighted by molar-refractivity contribution is -0.144. The molecular formula is C19H19NO2. The van der Waals surface area contributed by atoms with Gasteiger partial charge in [0, 0.05) is 12.3 Å². The predicted molar refractivity (Wildman–Crippen MR) is 84.2 cm³/mol. The molecule has 4 rings (SSSR count). The molecule has 0 N–H and O–H groups in total. The topological polar surface area (TPSA) is 29.5 Å². The zero-order valence-corrected chi connectivity index (χ0v) is 12.4. The van der Waals surface area contributed by atoms with Gasteiger partial charge in [-0.1, -0.05) is 60.7 Å². The van der Waals surface area contributed by atoms with Crippen molar-refractivity contribution in [3.8, 4) is 0 Å². The monoisotopic (exact) mass is 293 g/mol. The molecule has 0 radical (unpaired) electrons. The fourth-order valence-corrected chi connectivity index (χ4v) is 3.67. The number of amides is 1. The van der Waals surface area contributed by atoms with Crippen LogP contribution in [-0.4, -0.2) is 23.6 Å². The molecule has 2 aromatic carbocycles. The van der Waals surface area contributed by atoms with Gasteiger partial charge in [-0.05, 0) is 17.5 Å². The number of ether oxygens (including phenoxy) is 1. The third-order valence-electron chi connectivity index (χ3n) is 4.75. The molecule has 2 aromatic rings. The van der Waals surface area contributed by atoms with Crippen molar-refractivity contribution >= 4 is 5.91 Å². The van der Waals surface area contributed by atoms with E-state index in [1.54, 1.807) is 0 Å². The van der Waals surface area contributed by atoms with E-state index in [-0.39, 0.29) is 24.1 Å². The normalized spacial score (nSPS) is 27.7. The van der Waals surface area contributed by atoms with Crippen LogP contribution in [0, 0.1) is 0 Å². The van der Waals surface area contributed by atoms with E-state index in [9.17, 15) is 4.79 Å². The van der Waals surface area contributed by atoms with Crippen LogP contribution in [0.1, 0.15) is 35.9 Å². The molecule has 0 saturated carbocycles. The van der Waals surface area contributed by atoms with E-state index in [1.165, 1.54) is 5.56 Å². The van der Waals surface area contributed by atoms with Crippen molar-refractivity contribution in [1.29, 1.82) is 0 Å². The van der Waals surface area contributed by atoms with Gasteiger partial charge in [0.2, 0.25) is 5.91 Å². The minimum absolute atomic E-state index is 0.0465. The molecule has 3 unspecified atom stereocenters. The van der Waals surface area contributed by atoms with Crippen LogP contribution in [0.2, 0.25) is 0 Å². The summed E-state index contributed by atoms with van der Waals surface area (Å²) in [7, 11) is 0. The first kappa shape index (κ1) is 13.5. The van der Waals surface area contributed by atoms with Crippen LogP contribution in [-0.2, 0) is 9.53 Å². The predicted octanol–water partition coefficient (Wildman–Crippen LogP) is 3.49. The van der Waals surface area contributed by atoms with Crippen molar-refractivity contribution in [3.63, 3.8) is 0 Å². The van der Waals surface area contributed by atoms with Gasteiger partial charge >= 0.3 is 0 Å². The Hall–Kier alpha value is -2.13. The van der Waals surface area contributed by atoms with Gasteiger partial charge in [0.05, 0.1) is 12.6 Å². The zero-order chi connectivity index (χ0) is 14.9. The molecule has 2 aliphatic heterocycles. The third kappa shape index (κ3) is 2.22. The van der Waals surface area contributed by atoms with Gasteiger partial charge in [-0.2, -0.15) is 0 Å². The second-order valence-corrected chi connectivity index (χ2v) is 6.01. The van der Waals surface area contributed by atoms with Crippen LogP contribution in [0.4, 0.5) is 0 Å². The SMILES string of the molecule is O=C1CCC(c2ccccc2)C2OCC(c3ccccc3)N12. The van der Waals surface area contributed by atoms with Gasteiger partial charge in [0.1, 0.15) is 6.23 Å². The van der Waals surface area contributed by atoms with Gasteiger partial charge in [-0.3, -0.25) is 4.79 Å². The van der Waals surface area contributed by atoms with Crippen molar-refractivity contribution in [2.45, 2.75) is 31.0 Å². The van der Waals surface area contributed by atoms with Gasteiger partial charge in [0.25, 0.3) is 0 Å². The maximum atomic E-state index is 12.5. The Kier molecular flexibility index (Phi) is 3.43. The highest BCUT2D eigenvalue weighted by atomic mass is 16.5. The van der Waals surface area contributed by atoms with E-state index in [2.05, 4.69) is 36.4 Å². The summed E-state index contributed by atoms with van der Waals surface area (Å²) in [5.74, 6) is 0.483. The van der Waals surface area contributed by atoms with Crippen molar-refractivity contribution < 1.29 is 9.53 Å². The number of benzene rings is 2. The molecule has 2 saturated heterocycles. The quantitative estimate of drug-likeness (QED) is 0.848. The summed E-state index contributed by atoms with van der Waals surface area (Å²) in [5.41, 5.74) is 2.42. The Labute approximate surface area is 130 Å². The van der Waals surface area contributed by atoms with Crippen molar-refractivity contribution in [1.82, 2.24) is 4.90 Å². The summed E-state index contributed by atoms with van der Waals surface area (Å²) in [6, 6.07) is 20.7. The standard InChI is InChI=1S/C19H19NO2/c21-18-12-11-16(14-7-3-1-4-8-14)19-20(18)17(13-22-19)15-9-5-2-6-10-15/h1-10,16-17,19H,11-13H2. The van der Waals surface area contributed by atoms with Crippen LogP contribution in [0.3, 0.4) is 0 Å². The second-order valence-electron chi connectivity index (χ2n) is 6.01. The molecule has 0 bridgehead atoms. The fourth-order valence-electron chi connectivity index (χ4n) is 3.67. The van der Waals surface area contributed by atoms with Crippen molar-refractivity contribution in [2.24, 2.45) is 0 Å². The first-order chi connectivity index (χ1) is 10.8. The Morgan fingerprint density at radius 3 is 2.23 bits per heavy atom. The highest BCUT2D eigenvalue weighted by Gasteiger charge is 2.45. The van der Waals surface area contributed by atoms with E-state index in [0.29, 0.717) is 13.0 Å². The molecular weight excluding hydrogens is 274 g/mol. The molecule has 3 heteroatoms. The largest absolute Gasteiger partial charge is 0.355 e. The van der Waals surface area contributed by atoms with Crippen LogP contribution in [0.15, 0.2) is 60.7 Å². The Balaban J connectivity index is 1.66. The minimum atomic E-state index is -0.131. The Bertz CT molecular complexity index is 656. The first-order valence-electron chi connectivity index (χ1n) is 7.87. The van der Waals surface area contributed by atoms with Crippen molar-refractivity contribution in [3.05, 3.63) is 71.8 Å². The van der Waals surface area contributed by atoms with Gasteiger partial charge < -0.3 is 9.64 Å². The molecule has 3 atom stereocenters. The first-order valence-corrected chi connectivity index (χ1v) is 7.87. The number of rotatable bonds is 2. The molecule has 112 valence electrons. The summed E-state index contributed by atoms with van der Waals surface area (Å²) >= 11 is 0. The van der Waals surface area contributed by atoms with E-state index < -0.39 is 0 Å². The average Bonchev–Trinajstić information content (AvgIpc) is 3.03. The van der Waals surface area contributed by atoms with E-state index in [1.807, 2.05) is 29.2 Å². The van der Waals surface area contributed by atoms with Crippen LogP contribution < -0.4 is 0 Å². The number of piperidine rings is 1. The van der Waals surface area contributed by atoms with Gasteiger partial charge in [-0.15, -0.1) is 0 Å². The van der Waals surface area contributed by atoms with Crippen LogP contribution in [0.25, 0.3) is 0 Å². The minimum Gasteiger partial charge on any atom is -0.355 e. The van der Waals surface area contributed by atoms with Gasteiger partial charge in [-0.25, -0.2) is 0 Å². The highest BCUT2D eigenvalue weighted by molar-refractivity contribution is 5.78. The maximum Gasteiger partial charge on any atom is 0.225 e. The lowest BCUT2D eigenvalue weighted by Crippen LogP contribution is -2.45. The Morgan fingerprint density at radius 2 is 1.55 bits per heavy atom. The summed E-state index contributed by atoms with van der Waals surface area (Å²) in [4.78, 5) is 14.5. The second kappa shape index (κ2) is 5.58. The smallest absolute Gasteiger partial charge is 0.225 e. The highest BCUT2D eigenvalue weighted by Crippen LogP contribution is 2.42. The summed E-state index contributed by atoms with van der Waals surface area (Å²) in [5, 5.41) is 0. The molecule has 2 aliphatic rings. The van der Waals surface area contributed by atoms with Crippen LogP contribution >= 0.6 is 0 Å². The van der Waals surface area contributed by atoms with Crippen LogP contribution in [0.5, 0.6) is 0 Å². The third-order valence-corrected chi connectivity index (χ3v) is 4.75. The summed E-state index contributed by atoms with van der Waals surface area (Å²) < 4.78 is 6.07. The number of carbonyl (C=O) groups excluding carboxylic acids is 1. The number of nitrogens with zero attached hydrogens (tertiary/aromatic N) is 1. The number of hydrogen-bond acceptors (Lipinski definition) is 2. The molecule has 1 amide bonds. The number of carbonyl (C=O) groups is 1. The molecule has 2 fully saturated rings. The van der Waals surface area contributed by atoms with Crippen molar-refractivity contribution in [2.75, 3.05) is 6.61 Å². The molecule has 22 heavy (non-hydrogen) atoms. The molecule has 0 aliphatic carbocycles. The summed E-state index contributed by atoms with van der Waals surface area (Å²) in [6.45, 7) is 0.587. The molecule has 3 nitrogen and oxygen atoms in total.